The average molecular weight is 254 g/mol. The van der Waals surface area contributed by atoms with Gasteiger partial charge in [-0.05, 0) is 12.8 Å². The summed E-state index contributed by atoms with van der Waals surface area (Å²) in [6.45, 7) is 3.07. The van der Waals surface area contributed by atoms with Crippen molar-refractivity contribution >= 4 is 11.8 Å². The fourth-order valence-electron chi connectivity index (χ4n) is 2.60. The van der Waals surface area contributed by atoms with Crippen molar-refractivity contribution in [3.63, 3.8) is 0 Å². The summed E-state index contributed by atoms with van der Waals surface area (Å²) in [6, 6.07) is 0. The summed E-state index contributed by atoms with van der Waals surface area (Å²) >= 11 is 0. The molecule has 5 nitrogen and oxygen atoms in total. The van der Waals surface area contributed by atoms with Gasteiger partial charge in [-0.1, -0.05) is 12.8 Å². The summed E-state index contributed by atoms with van der Waals surface area (Å²) in [6.07, 6.45) is 4.72. The molecule has 2 rings (SSSR count). The number of hydrogen-bond acceptors (Lipinski definition) is 3. The monoisotopic (exact) mass is 254 g/mol. The Morgan fingerprint density at radius 2 is 1.83 bits per heavy atom. The molecule has 0 unspecified atom stereocenters. The molecule has 0 aromatic heterocycles. The van der Waals surface area contributed by atoms with Crippen molar-refractivity contribution < 1.29 is 14.3 Å². The number of nitrogens with zero attached hydrogens (tertiary/aromatic N) is 1. The van der Waals surface area contributed by atoms with Gasteiger partial charge in [-0.2, -0.15) is 0 Å². The summed E-state index contributed by atoms with van der Waals surface area (Å²) < 4.78 is 5.20. The zero-order chi connectivity index (χ0) is 12.8. The highest BCUT2D eigenvalue weighted by atomic mass is 16.5. The molecule has 1 aliphatic carbocycles. The Morgan fingerprint density at radius 3 is 2.50 bits per heavy atom. The van der Waals surface area contributed by atoms with Crippen molar-refractivity contribution in [1.82, 2.24) is 10.2 Å². The van der Waals surface area contributed by atoms with Gasteiger partial charge in [0.25, 0.3) is 0 Å². The minimum Gasteiger partial charge on any atom is -0.378 e. The van der Waals surface area contributed by atoms with E-state index >= 15 is 0 Å². The quantitative estimate of drug-likeness (QED) is 0.796. The van der Waals surface area contributed by atoms with Gasteiger partial charge in [0.2, 0.25) is 11.8 Å². The van der Waals surface area contributed by atoms with Crippen LogP contribution in [0.15, 0.2) is 0 Å². The van der Waals surface area contributed by atoms with Gasteiger partial charge in [0.05, 0.1) is 13.2 Å². The minimum absolute atomic E-state index is 0.116. The van der Waals surface area contributed by atoms with Crippen molar-refractivity contribution in [1.29, 1.82) is 0 Å². The molecule has 0 aromatic rings. The summed E-state index contributed by atoms with van der Waals surface area (Å²) in [5.41, 5.74) is 0. The van der Waals surface area contributed by atoms with Gasteiger partial charge in [-0.3, -0.25) is 9.59 Å². The van der Waals surface area contributed by atoms with Crippen molar-refractivity contribution in [2.45, 2.75) is 32.1 Å². The van der Waals surface area contributed by atoms with Gasteiger partial charge in [-0.25, -0.2) is 0 Å². The Labute approximate surface area is 108 Å². The molecule has 0 bridgehead atoms. The molecule has 0 aromatic carbocycles. The lowest BCUT2D eigenvalue weighted by molar-refractivity contribution is -0.135. The second-order valence-electron chi connectivity index (χ2n) is 5.02. The van der Waals surface area contributed by atoms with E-state index in [1.165, 1.54) is 0 Å². The summed E-state index contributed by atoms with van der Waals surface area (Å²) in [7, 11) is 0. The van der Waals surface area contributed by atoms with Gasteiger partial charge >= 0.3 is 0 Å². The van der Waals surface area contributed by atoms with Crippen molar-refractivity contribution in [2.75, 3.05) is 32.8 Å². The van der Waals surface area contributed by atoms with E-state index in [1.54, 1.807) is 0 Å². The van der Waals surface area contributed by atoms with E-state index < -0.39 is 0 Å². The number of rotatable bonds is 4. The molecule has 2 aliphatic rings. The first-order valence-corrected chi connectivity index (χ1v) is 6.90. The zero-order valence-electron chi connectivity index (χ0n) is 10.8. The number of carbonyl (C=O) groups excluding carboxylic acids is 2. The lowest BCUT2D eigenvalue weighted by Gasteiger charge is -2.26. The minimum atomic E-state index is 0.116. The third-order valence-electron chi connectivity index (χ3n) is 3.73. The molecule has 5 heteroatoms. The van der Waals surface area contributed by atoms with Crippen LogP contribution in [0.2, 0.25) is 0 Å². The molecule has 1 aliphatic heterocycles. The topological polar surface area (TPSA) is 58.6 Å². The fraction of sp³-hybridized carbons (Fsp3) is 0.846. The van der Waals surface area contributed by atoms with Crippen LogP contribution in [0.4, 0.5) is 0 Å². The summed E-state index contributed by atoms with van der Waals surface area (Å²) in [5, 5.41) is 2.88. The van der Waals surface area contributed by atoms with E-state index in [1.807, 2.05) is 4.90 Å². The highest BCUT2D eigenvalue weighted by Gasteiger charge is 2.22. The molecule has 0 spiro atoms. The summed E-state index contributed by atoms with van der Waals surface area (Å²) in [5.74, 6) is 0.427. The van der Waals surface area contributed by atoms with Crippen LogP contribution in [0, 0.1) is 5.92 Å². The van der Waals surface area contributed by atoms with Gasteiger partial charge < -0.3 is 15.0 Å². The molecule has 2 fully saturated rings. The molecule has 0 atom stereocenters. The second kappa shape index (κ2) is 6.73. The molecule has 18 heavy (non-hydrogen) atoms. The molecule has 2 amide bonds. The SMILES string of the molecule is O=C(NCCC(=O)N1CCOCC1)C1CCCC1. The Morgan fingerprint density at radius 1 is 1.17 bits per heavy atom. The maximum absolute atomic E-state index is 11.8. The van der Waals surface area contributed by atoms with Gasteiger partial charge in [-0.15, -0.1) is 0 Å². The summed E-state index contributed by atoms with van der Waals surface area (Å²) in [4.78, 5) is 25.4. The van der Waals surface area contributed by atoms with Gasteiger partial charge in [0.15, 0.2) is 0 Å². The maximum atomic E-state index is 11.8. The van der Waals surface area contributed by atoms with Crippen LogP contribution in [0.1, 0.15) is 32.1 Å². The van der Waals surface area contributed by atoms with E-state index in [0.29, 0.717) is 39.3 Å². The second-order valence-corrected chi connectivity index (χ2v) is 5.02. The Balaban J connectivity index is 1.62. The van der Waals surface area contributed by atoms with Gasteiger partial charge in [0, 0.05) is 32.0 Å². The maximum Gasteiger partial charge on any atom is 0.224 e. The number of carbonyl (C=O) groups is 2. The van der Waals surface area contributed by atoms with Crippen molar-refractivity contribution in [3.05, 3.63) is 0 Å². The Bertz CT molecular complexity index is 295. The van der Waals surface area contributed by atoms with Gasteiger partial charge in [0.1, 0.15) is 0 Å². The largest absolute Gasteiger partial charge is 0.378 e. The third kappa shape index (κ3) is 3.70. The molecule has 1 heterocycles. The van der Waals surface area contributed by atoms with Crippen LogP contribution in [0.3, 0.4) is 0 Å². The van der Waals surface area contributed by atoms with E-state index in [-0.39, 0.29) is 17.7 Å². The molecule has 1 saturated heterocycles. The van der Waals surface area contributed by atoms with E-state index in [2.05, 4.69) is 5.32 Å². The van der Waals surface area contributed by atoms with Crippen LogP contribution in [0.5, 0.6) is 0 Å². The molecular weight excluding hydrogens is 232 g/mol. The third-order valence-corrected chi connectivity index (χ3v) is 3.73. The van der Waals surface area contributed by atoms with E-state index in [0.717, 1.165) is 25.7 Å². The zero-order valence-corrected chi connectivity index (χ0v) is 10.8. The van der Waals surface area contributed by atoms with Crippen LogP contribution < -0.4 is 5.32 Å². The first-order valence-electron chi connectivity index (χ1n) is 6.90. The number of ether oxygens (including phenoxy) is 1. The van der Waals surface area contributed by atoms with Crippen molar-refractivity contribution in [2.24, 2.45) is 5.92 Å². The number of hydrogen-bond donors (Lipinski definition) is 1. The van der Waals surface area contributed by atoms with Crippen LogP contribution in [0.25, 0.3) is 0 Å². The predicted octanol–water partition coefficient (Wildman–Crippen LogP) is 0.542. The Hall–Kier alpha value is -1.10. The van der Waals surface area contributed by atoms with E-state index in [4.69, 9.17) is 4.74 Å². The lowest BCUT2D eigenvalue weighted by atomic mass is 10.1. The molecular formula is C13H22N2O3. The Kier molecular flexibility index (Phi) is 4.99. The highest BCUT2D eigenvalue weighted by molar-refractivity contribution is 5.80. The molecule has 1 N–H and O–H groups in total. The predicted molar refractivity (Wildman–Crippen MR) is 67.0 cm³/mol. The van der Waals surface area contributed by atoms with Crippen LogP contribution in [-0.2, 0) is 14.3 Å². The first-order chi connectivity index (χ1) is 8.77. The van der Waals surface area contributed by atoms with Crippen molar-refractivity contribution in [3.8, 4) is 0 Å². The number of amides is 2. The fourth-order valence-corrected chi connectivity index (χ4v) is 2.60. The number of morpholine rings is 1. The lowest BCUT2D eigenvalue weighted by Crippen LogP contribution is -2.42. The highest BCUT2D eigenvalue weighted by Crippen LogP contribution is 2.24. The molecule has 102 valence electrons. The van der Waals surface area contributed by atoms with Crippen LogP contribution >= 0.6 is 0 Å². The molecule has 0 radical (unpaired) electrons. The average Bonchev–Trinajstić information content (AvgIpc) is 2.93. The standard InChI is InChI=1S/C13H22N2O3/c16-12(15-7-9-18-10-8-15)5-6-14-13(17)11-3-1-2-4-11/h11H,1-10H2,(H,14,17). The molecule has 1 saturated carbocycles. The van der Waals surface area contributed by atoms with Crippen LogP contribution in [-0.4, -0.2) is 49.6 Å². The van der Waals surface area contributed by atoms with E-state index in [9.17, 15) is 9.59 Å². The smallest absolute Gasteiger partial charge is 0.224 e. The first kappa shape index (κ1) is 13.3. The number of nitrogens with one attached hydrogen (secondary N) is 1. The normalized spacial score (nSPS) is 21.0.